The Labute approximate surface area is 173 Å². The average molecular weight is 411 g/mol. The van der Waals surface area contributed by atoms with Crippen molar-refractivity contribution in [2.45, 2.75) is 44.6 Å². The summed E-state index contributed by atoms with van der Waals surface area (Å²) in [6, 6.07) is 9.61. The second-order valence-electron chi connectivity index (χ2n) is 9.26. The van der Waals surface area contributed by atoms with Gasteiger partial charge >= 0.3 is 5.97 Å². The molecule has 1 N–H and O–H groups in total. The lowest BCUT2D eigenvalue weighted by Crippen LogP contribution is -2.52. The number of halogens is 2. The van der Waals surface area contributed by atoms with Crippen LogP contribution in [-0.2, 0) is 20.5 Å². The van der Waals surface area contributed by atoms with Crippen molar-refractivity contribution < 1.29 is 23.4 Å². The van der Waals surface area contributed by atoms with Crippen LogP contribution in [0.3, 0.4) is 0 Å². The highest BCUT2D eigenvalue weighted by molar-refractivity contribution is 5.90. The first-order valence-electron chi connectivity index (χ1n) is 10.1. The third-order valence-corrected chi connectivity index (χ3v) is 6.64. The van der Waals surface area contributed by atoms with Crippen molar-refractivity contribution in [3.63, 3.8) is 0 Å². The number of aromatic nitrogens is 1. The second-order valence-corrected chi connectivity index (χ2v) is 9.26. The van der Waals surface area contributed by atoms with E-state index in [4.69, 9.17) is 4.74 Å². The normalized spacial score (nSPS) is 24.6. The molecule has 0 saturated heterocycles. The molecule has 5 rings (SSSR count). The summed E-state index contributed by atoms with van der Waals surface area (Å²) in [7, 11) is 0. The van der Waals surface area contributed by atoms with E-state index in [2.05, 4.69) is 18.4 Å². The van der Waals surface area contributed by atoms with Crippen LogP contribution in [0.25, 0.3) is 16.6 Å². The van der Waals surface area contributed by atoms with Gasteiger partial charge in [0.25, 0.3) is 0 Å². The number of rotatable bonds is 2. The molecule has 1 aliphatic carbocycles. The van der Waals surface area contributed by atoms with Crippen LogP contribution in [0.5, 0.6) is 0 Å². The first kappa shape index (κ1) is 19.2. The summed E-state index contributed by atoms with van der Waals surface area (Å²) in [6.45, 7) is 6.27. The highest BCUT2D eigenvalue weighted by Gasteiger charge is 2.56. The fourth-order valence-corrected chi connectivity index (χ4v) is 5.09. The minimum atomic E-state index is -0.834. The van der Waals surface area contributed by atoms with Crippen molar-refractivity contribution in [1.29, 1.82) is 0 Å². The van der Waals surface area contributed by atoms with Crippen LogP contribution in [0.15, 0.2) is 36.4 Å². The van der Waals surface area contributed by atoms with Crippen LogP contribution in [0.1, 0.15) is 43.5 Å². The largest absolute Gasteiger partial charge is 0.481 e. The zero-order chi connectivity index (χ0) is 21.4. The standard InChI is InChI=1S/C24H23F2NO3/c1-13-8-16(5-6-18(13)26)27-19-7-4-15(25)9-17(19)20-21(27)23(2,3)12-30-24(20)10-14(11-24)22(28)29/h4-9,14H,10-12H2,1-3H3,(H,28,29). The van der Waals surface area contributed by atoms with E-state index >= 15 is 0 Å². The molecular formula is C24H23F2NO3. The molecular weight excluding hydrogens is 388 g/mol. The zero-order valence-electron chi connectivity index (χ0n) is 17.1. The monoisotopic (exact) mass is 411 g/mol. The quantitative estimate of drug-likeness (QED) is 0.629. The highest BCUT2D eigenvalue weighted by atomic mass is 19.1. The first-order valence-corrected chi connectivity index (χ1v) is 10.1. The number of aliphatic carboxylic acids is 1. The number of carboxylic acids is 1. The predicted molar refractivity (Wildman–Crippen MR) is 109 cm³/mol. The molecule has 2 aliphatic rings. The summed E-state index contributed by atoms with van der Waals surface area (Å²) in [4.78, 5) is 11.5. The van der Waals surface area contributed by atoms with Crippen molar-refractivity contribution in [2.75, 3.05) is 6.61 Å². The number of hydrogen-bond acceptors (Lipinski definition) is 2. The molecule has 6 heteroatoms. The summed E-state index contributed by atoms with van der Waals surface area (Å²) in [5, 5.41) is 10.2. The third kappa shape index (κ3) is 2.56. The maximum Gasteiger partial charge on any atom is 0.306 e. The average Bonchev–Trinajstić information content (AvgIpc) is 2.99. The van der Waals surface area contributed by atoms with E-state index in [1.807, 2.05) is 0 Å². The summed E-state index contributed by atoms with van der Waals surface area (Å²) in [5.74, 6) is -1.94. The number of aryl methyl sites for hydroxylation is 1. The van der Waals surface area contributed by atoms with Crippen LogP contribution in [0.4, 0.5) is 8.78 Å². The molecule has 0 bridgehead atoms. The minimum absolute atomic E-state index is 0.280. The lowest BCUT2D eigenvalue weighted by atomic mass is 9.63. The number of hydrogen-bond donors (Lipinski definition) is 1. The van der Waals surface area contributed by atoms with E-state index in [9.17, 15) is 18.7 Å². The van der Waals surface area contributed by atoms with E-state index in [0.29, 0.717) is 25.0 Å². The Balaban J connectivity index is 1.85. The molecule has 0 atom stereocenters. The molecule has 156 valence electrons. The molecule has 3 aromatic rings. The van der Waals surface area contributed by atoms with Crippen molar-refractivity contribution in [1.82, 2.24) is 4.57 Å². The first-order chi connectivity index (χ1) is 14.1. The molecule has 2 heterocycles. The van der Waals surface area contributed by atoms with E-state index in [1.165, 1.54) is 18.2 Å². The Morgan fingerprint density at radius 3 is 2.57 bits per heavy atom. The third-order valence-electron chi connectivity index (χ3n) is 6.64. The van der Waals surface area contributed by atoms with Crippen LogP contribution in [-0.4, -0.2) is 22.2 Å². The van der Waals surface area contributed by atoms with Gasteiger partial charge in [-0.25, -0.2) is 8.78 Å². The van der Waals surface area contributed by atoms with Gasteiger partial charge in [-0.3, -0.25) is 4.79 Å². The topological polar surface area (TPSA) is 51.5 Å². The van der Waals surface area contributed by atoms with Gasteiger partial charge in [0.05, 0.1) is 23.6 Å². The lowest BCUT2D eigenvalue weighted by molar-refractivity contribution is -0.180. The molecule has 1 aromatic heterocycles. The highest BCUT2D eigenvalue weighted by Crippen LogP contribution is 2.57. The van der Waals surface area contributed by atoms with Gasteiger partial charge in [-0.2, -0.15) is 0 Å². The molecule has 4 nitrogen and oxygen atoms in total. The Morgan fingerprint density at radius 2 is 1.90 bits per heavy atom. The van der Waals surface area contributed by atoms with E-state index < -0.39 is 22.9 Å². The van der Waals surface area contributed by atoms with E-state index in [1.54, 1.807) is 25.1 Å². The SMILES string of the molecule is Cc1cc(-n2c3c(c4cc(F)ccc42)C2(CC(C(=O)O)C2)OCC3(C)C)ccc1F. The van der Waals surface area contributed by atoms with Crippen LogP contribution < -0.4 is 0 Å². The predicted octanol–water partition coefficient (Wildman–Crippen LogP) is 5.21. The van der Waals surface area contributed by atoms with Gasteiger partial charge in [-0.1, -0.05) is 13.8 Å². The Kier molecular flexibility index (Phi) is 3.94. The zero-order valence-corrected chi connectivity index (χ0v) is 17.1. The number of carbonyl (C=O) groups is 1. The number of fused-ring (bicyclic) bond motifs is 4. The molecule has 2 aromatic carbocycles. The number of ether oxygens (including phenoxy) is 1. The van der Waals surface area contributed by atoms with Gasteiger partial charge in [0.1, 0.15) is 11.6 Å². The van der Waals surface area contributed by atoms with E-state index in [-0.39, 0.29) is 11.6 Å². The smallest absolute Gasteiger partial charge is 0.306 e. The maximum atomic E-state index is 14.3. The summed E-state index contributed by atoms with van der Waals surface area (Å²) in [6.07, 6.45) is 0.729. The van der Waals surface area contributed by atoms with Crippen molar-refractivity contribution in [3.05, 3.63) is 64.9 Å². The van der Waals surface area contributed by atoms with Crippen molar-refractivity contribution >= 4 is 16.9 Å². The van der Waals surface area contributed by atoms with Crippen LogP contribution in [0, 0.1) is 24.5 Å². The molecule has 1 fully saturated rings. The van der Waals surface area contributed by atoms with Gasteiger partial charge in [0.2, 0.25) is 0 Å². The summed E-state index contributed by atoms with van der Waals surface area (Å²) in [5.41, 5.74) is 2.85. The van der Waals surface area contributed by atoms with Gasteiger partial charge in [0, 0.05) is 27.7 Å². The molecule has 30 heavy (non-hydrogen) atoms. The lowest BCUT2D eigenvalue weighted by Gasteiger charge is -2.51. The summed E-state index contributed by atoms with van der Waals surface area (Å²) < 4.78 is 36.7. The fraction of sp³-hybridized carbons (Fsp3) is 0.375. The fourth-order valence-electron chi connectivity index (χ4n) is 5.09. The van der Waals surface area contributed by atoms with Crippen LogP contribution >= 0.6 is 0 Å². The van der Waals surface area contributed by atoms with Crippen molar-refractivity contribution in [2.24, 2.45) is 5.92 Å². The van der Waals surface area contributed by atoms with Gasteiger partial charge < -0.3 is 14.4 Å². The Morgan fingerprint density at radius 1 is 1.17 bits per heavy atom. The second kappa shape index (κ2) is 6.14. The molecule has 0 unspecified atom stereocenters. The van der Waals surface area contributed by atoms with Crippen LogP contribution in [0.2, 0.25) is 0 Å². The minimum Gasteiger partial charge on any atom is -0.481 e. The Hall–Kier alpha value is -2.73. The number of nitrogens with zero attached hydrogens (tertiary/aromatic N) is 1. The number of benzene rings is 2. The number of carboxylic acid groups (broad SMARTS) is 1. The maximum absolute atomic E-state index is 14.3. The molecule has 1 spiro atoms. The Bertz CT molecular complexity index is 1200. The van der Waals surface area contributed by atoms with Gasteiger partial charge in [-0.05, 0) is 61.7 Å². The van der Waals surface area contributed by atoms with Gasteiger partial charge in [0.15, 0.2) is 0 Å². The summed E-state index contributed by atoms with van der Waals surface area (Å²) >= 11 is 0. The molecule has 0 radical (unpaired) electrons. The van der Waals surface area contributed by atoms with E-state index in [0.717, 1.165) is 27.8 Å². The van der Waals surface area contributed by atoms with Crippen molar-refractivity contribution in [3.8, 4) is 5.69 Å². The molecule has 0 amide bonds. The molecule has 1 saturated carbocycles. The van der Waals surface area contributed by atoms with Gasteiger partial charge in [-0.15, -0.1) is 0 Å². The molecule has 1 aliphatic heterocycles.